The third-order valence-electron chi connectivity index (χ3n) is 3.24. The molecule has 0 saturated carbocycles. The van der Waals surface area contributed by atoms with Crippen molar-refractivity contribution in [3.05, 3.63) is 77.5 Å². The number of rotatable bonds is 3. The van der Waals surface area contributed by atoms with Crippen LogP contribution in [0.2, 0.25) is 0 Å². The summed E-state index contributed by atoms with van der Waals surface area (Å²) >= 11 is 0. The highest BCUT2D eigenvalue weighted by Crippen LogP contribution is 2.31. The van der Waals surface area contributed by atoms with Crippen LogP contribution in [0, 0.1) is 5.82 Å². The van der Waals surface area contributed by atoms with E-state index in [1.165, 1.54) is 10.9 Å². The Balaban J connectivity index is 1.91. The Morgan fingerprint density at radius 3 is 2.52 bits per heavy atom. The Morgan fingerprint density at radius 2 is 1.83 bits per heavy atom. The molecule has 7 heteroatoms. The largest absolute Gasteiger partial charge is 0.416 e. The zero-order valence-corrected chi connectivity index (χ0v) is 11.8. The monoisotopic (exact) mass is 321 g/mol. The number of halogens is 4. The van der Waals surface area contributed by atoms with Gasteiger partial charge in [0.25, 0.3) is 0 Å². The molecule has 3 nitrogen and oxygen atoms in total. The molecule has 0 unspecified atom stereocenters. The Labute approximate surface area is 129 Å². The van der Waals surface area contributed by atoms with E-state index in [1.54, 1.807) is 30.6 Å². The molecule has 0 amide bonds. The molecule has 3 rings (SSSR count). The van der Waals surface area contributed by atoms with Gasteiger partial charge in [0, 0.05) is 18.6 Å². The van der Waals surface area contributed by atoms with Crippen molar-refractivity contribution >= 4 is 0 Å². The summed E-state index contributed by atoms with van der Waals surface area (Å²) in [6, 6.07) is 7.65. The maximum Gasteiger partial charge on any atom is 0.416 e. The van der Waals surface area contributed by atoms with Crippen molar-refractivity contribution in [3.8, 4) is 5.82 Å². The number of aromatic nitrogens is 3. The smallest absolute Gasteiger partial charge is 0.237 e. The number of nitrogens with zero attached hydrogens (tertiary/aromatic N) is 3. The van der Waals surface area contributed by atoms with Crippen LogP contribution in [0.15, 0.2) is 55.0 Å². The van der Waals surface area contributed by atoms with Gasteiger partial charge in [0.05, 0.1) is 5.56 Å². The van der Waals surface area contributed by atoms with Gasteiger partial charge < -0.3 is 0 Å². The van der Waals surface area contributed by atoms with Gasteiger partial charge in [-0.05, 0) is 53.9 Å². The minimum atomic E-state index is -4.57. The molecule has 0 radical (unpaired) electrons. The number of pyridine rings is 1. The minimum Gasteiger partial charge on any atom is -0.237 e. The molecule has 1 aromatic carbocycles. The van der Waals surface area contributed by atoms with Gasteiger partial charge in [0.15, 0.2) is 5.82 Å². The van der Waals surface area contributed by atoms with Crippen LogP contribution in [0.1, 0.15) is 16.7 Å². The first-order valence-electron chi connectivity index (χ1n) is 6.73. The van der Waals surface area contributed by atoms with Gasteiger partial charge in [-0.1, -0.05) is 0 Å². The third-order valence-corrected chi connectivity index (χ3v) is 3.24. The van der Waals surface area contributed by atoms with E-state index >= 15 is 0 Å². The first kappa shape index (κ1) is 15.2. The maximum atomic E-state index is 13.4. The highest BCUT2D eigenvalue weighted by molar-refractivity contribution is 5.34. The molecule has 0 fully saturated rings. The molecule has 2 aromatic heterocycles. The van der Waals surface area contributed by atoms with E-state index < -0.39 is 17.6 Å². The van der Waals surface area contributed by atoms with Gasteiger partial charge in [-0.2, -0.15) is 18.3 Å². The fraction of sp³-hybridized carbons (Fsp3) is 0.125. The quantitative estimate of drug-likeness (QED) is 0.682. The summed E-state index contributed by atoms with van der Waals surface area (Å²) in [5, 5.41) is 4.04. The van der Waals surface area contributed by atoms with Crippen molar-refractivity contribution in [1.82, 2.24) is 14.8 Å². The van der Waals surface area contributed by atoms with Crippen LogP contribution in [-0.4, -0.2) is 14.8 Å². The molecular weight excluding hydrogens is 310 g/mol. The van der Waals surface area contributed by atoms with Crippen LogP contribution in [-0.2, 0) is 12.6 Å². The molecule has 0 aliphatic rings. The molecule has 0 N–H and O–H groups in total. The fourth-order valence-corrected chi connectivity index (χ4v) is 2.25. The number of hydrogen-bond donors (Lipinski definition) is 0. The van der Waals surface area contributed by atoms with Crippen molar-refractivity contribution in [3.63, 3.8) is 0 Å². The number of benzene rings is 1. The van der Waals surface area contributed by atoms with Crippen molar-refractivity contribution in [1.29, 1.82) is 0 Å². The Morgan fingerprint density at radius 1 is 1.00 bits per heavy atom. The Bertz CT molecular complexity index is 810. The summed E-state index contributed by atoms with van der Waals surface area (Å²) in [6.45, 7) is 0. The molecule has 118 valence electrons. The van der Waals surface area contributed by atoms with E-state index in [4.69, 9.17) is 0 Å². The van der Waals surface area contributed by atoms with Crippen molar-refractivity contribution in [2.24, 2.45) is 0 Å². The van der Waals surface area contributed by atoms with E-state index in [0.29, 0.717) is 17.4 Å². The molecule has 0 saturated heterocycles. The molecule has 0 aliphatic heterocycles. The van der Waals surface area contributed by atoms with Gasteiger partial charge in [0.1, 0.15) is 5.82 Å². The van der Waals surface area contributed by atoms with Crippen LogP contribution in [0.3, 0.4) is 0 Å². The summed E-state index contributed by atoms with van der Waals surface area (Å²) in [5.41, 5.74) is -0.0342. The molecule has 3 aromatic rings. The lowest BCUT2D eigenvalue weighted by molar-refractivity contribution is -0.137. The Kier molecular flexibility index (Phi) is 3.85. The lowest BCUT2D eigenvalue weighted by atomic mass is 10.0. The SMILES string of the molecule is Fc1cc(Cc2ccnc(-n3cccn3)c2)cc(C(F)(F)F)c1. The van der Waals surface area contributed by atoms with E-state index in [9.17, 15) is 17.6 Å². The van der Waals surface area contributed by atoms with Crippen LogP contribution in [0.5, 0.6) is 0 Å². The summed E-state index contributed by atoms with van der Waals surface area (Å²) in [6.07, 6.45) is 0.426. The van der Waals surface area contributed by atoms with Crippen LogP contribution >= 0.6 is 0 Å². The van der Waals surface area contributed by atoms with E-state index in [0.717, 1.165) is 12.1 Å². The van der Waals surface area contributed by atoms with Gasteiger partial charge in [-0.15, -0.1) is 0 Å². The molecular formula is C16H11F4N3. The maximum absolute atomic E-state index is 13.4. The van der Waals surface area contributed by atoms with Crippen molar-refractivity contribution in [2.45, 2.75) is 12.6 Å². The summed E-state index contributed by atoms with van der Waals surface area (Å²) in [4.78, 5) is 4.14. The average Bonchev–Trinajstić information content (AvgIpc) is 3.00. The molecule has 2 heterocycles. The average molecular weight is 321 g/mol. The molecule has 0 spiro atoms. The summed E-state index contributed by atoms with van der Waals surface area (Å²) < 4.78 is 53.2. The minimum absolute atomic E-state index is 0.164. The van der Waals surface area contributed by atoms with E-state index in [-0.39, 0.29) is 12.0 Å². The van der Waals surface area contributed by atoms with Crippen molar-refractivity contribution < 1.29 is 17.6 Å². The summed E-state index contributed by atoms with van der Waals surface area (Å²) in [7, 11) is 0. The summed E-state index contributed by atoms with van der Waals surface area (Å²) in [5.74, 6) is -0.365. The first-order valence-corrected chi connectivity index (χ1v) is 6.73. The predicted molar refractivity (Wildman–Crippen MR) is 75.6 cm³/mol. The van der Waals surface area contributed by atoms with Gasteiger partial charge in [0.2, 0.25) is 0 Å². The number of alkyl halides is 3. The second-order valence-corrected chi connectivity index (χ2v) is 5.00. The van der Waals surface area contributed by atoms with E-state index in [2.05, 4.69) is 10.1 Å². The van der Waals surface area contributed by atoms with Crippen molar-refractivity contribution in [2.75, 3.05) is 0 Å². The zero-order valence-electron chi connectivity index (χ0n) is 11.8. The first-order chi connectivity index (χ1) is 10.9. The lowest BCUT2D eigenvalue weighted by Crippen LogP contribution is -2.07. The number of hydrogen-bond acceptors (Lipinski definition) is 2. The predicted octanol–water partition coefficient (Wildman–Crippen LogP) is 4.02. The van der Waals surface area contributed by atoms with Crippen LogP contribution < -0.4 is 0 Å². The van der Waals surface area contributed by atoms with Gasteiger partial charge >= 0.3 is 6.18 Å². The van der Waals surface area contributed by atoms with Crippen LogP contribution in [0.25, 0.3) is 5.82 Å². The third kappa shape index (κ3) is 3.56. The molecule has 0 aliphatic carbocycles. The normalized spacial score (nSPS) is 11.7. The zero-order chi connectivity index (χ0) is 16.4. The lowest BCUT2D eigenvalue weighted by Gasteiger charge is -2.10. The second kappa shape index (κ2) is 5.83. The van der Waals surface area contributed by atoms with Crippen LogP contribution in [0.4, 0.5) is 17.6 Å². The molecule has 0 atom stereocenters. The highest BCUT2D eigenvalue weighted by atomic mass is 19.4. The van der Waals surface area contributed by atoms with E-state index in [1.807, 2.05) is 0 Å². The molecule has 0 bridgehead atoms. The fourth-order valence-electron chi connectivity index (χ4n) is 2.25. The standard InChI is InChI=1S/C16H11F4N3/c17-14-8-12(7-13(10-14)16(18,19)20)6-11-2-4-21-15(9-11)23-5-1-3-22-23/h1-5,7-10H,6H2. The molecule has 23 heavy (non-hydrogen) atoms. The topological polar surface area (TPSA) is 30.7 Å². The highest BCUT2D eigenvalue weighted by Gasteiger charge is 2.31. The second-order valence-electron chi connectivity index (χ2n) is 5.00. The Hall–Kier alpha value is -2.70. The van der Waals surface area contributed by atoms with Gasteiger partial charge in [-0.3, -0.25) is 0 Å². The van der Waals surface area contributed by atoms with Gasteiger partial charge in [-0.25, -0.2) is 14.1 Å².